The molecule has 0 spiro atoms. The van der Waals surface area contributed by atoms with Crippen LogP contribution in [0.5, 0.6) is 0 Å². The van der Waals surface area contributed by atoms with E-state index in [1.54, 1.807) is 16.7 Å². The van der Waals surface area contributed by atoms with Crippen LogP contribution in [0.2, 0.25) is 0 Å². The fourth-order valence-electron chi connectivity index (χ4n) is 7.31. The van der Waals surface area contributed by atoms with Crippen molar-refractivity contribution in [2.75, 3.05) is 0 Å². The monoisotopic (exact) mass is 445 g/mol. The highest BCUT2D eigenvalue weighted by molar-refractivity contribution is 5.41. The van der Waals surface area contributed by atoms with Crippen molar-refractivity contribution in [2.45, 2.75) is 90.5 Å². The van der Waals surface area contributed by atoms with Gasteiger partial charge in [0.1, 0.15) is 0 Å². The molecule has 0 radical (unpaired) electrons. The normalized spacial score (nSPS) is 35.4. The molecule has 0 saturated heterocycles. The summed E-state index contributed by atoms with van der Waals surface area (Å²) in [4.78, 5) is 0. The summed E-state index contributed by atoms with van der Waals surface area (Å²) in [5, 5.41) is 0. The fourth-order valence-corrected chi connectivity index (χ4v) is 7.31. The van der Waals surface area contributed by atoms with Crippen molar-refractivity contribution in [3.63, 3.8) is 0 Å². The molecular weight excluding hydrogens is 398 g/mol. The van der Waals surface area contributed by atoms with Gasteiger partial charge in [-0.05, 0) is 113 Å². The molecule has 33 heavy (non-hydrogen) atoms. The van der Waals surface area contributed by atoms with Gasteiger partial charge in [0.2, 0.25) is 0 Å². The average molecular weight is 446 g/mol. The van der Waals surface area contributed by atoms with Crippen LogP contribution in [-0.4, -0.2) is 6.04 Å². The highest BCUT2D eigenvalue weighted by Crippen LogP contribution is 2.47. The summed E-state index contributed by atoms with van der Waals surface area (Å²) in [5.74, 6) is 4.31. The van der Waals surface area contributed by atoms with E-state index in [4.69, 9.17) is 5.73 Å². The van der Waals surface area contributed by atoms with E-state index in [0.29, 0.717) is 11.8 Å². The van der Waals surface area contributed by atoms with Gasteiger partial charge < -0.3 is 5.73 Å². The first-order valence-corrected chi connectivity index (χ1v) is 13.9. The van der Waals surface area contributed by atoms with Gasteiger partial charge in [-0.3, -0.25) is 0 Å². The summed E-state index contributed by atoms with van der Waals surface area (Å²) < 4.78 is 0. The maximum Gasteiger partial charge on any atom is 0.00790 e. The molecule has 1 heteroatoms. The van der Waals surface area contributed by atoms with Gasteiger partial charge in [-0.15, -0.1) is 6.58 Å². The van der Waals surface area contributed by atoms with Gasteiger partial charge in [0.05, 0.1) is 0 Å². The standard InChI is InChI=1S/C32H47N/c1-4-6-15-32(33)31-21-20-28(29-13-9-10-14-30(29)31)26-18-16-25(17-19-26)24(5-2)22-27-12-8-7-11-23(27)3/h4-5,7,9-11,13-14,23,25-27,30-32H,1,6,8,12,15-22,33H2,2-3H3/b24-5+/t23?,25?,26?,27?,30?,31-,32?/m1/s1. The van der Waals surface area contributed by atoms with Crippen molar-refractivity contribution in [1.29, 1.82) is 0 Å². The largest absolute Gasteiger partial charge is 0.327 e. The van der Waals surface area contributed by atoms with E-state index in [9.17, 15) is 0 Å². The van der Waals surface area contributed by atoms with Gasteiger partial charge in [0.25, 0.3) is 0 Å². The Balaban J connectivity index is 1.40. The zero-order valence-electron chi connectivity index (χ0n) is 21.2. The highest BCUT2D eigenvalue weighted by Gasteiger charge is 2.36. The van der Waals surface area contributed by atoms with Crippen molar-refractivity contribution < 1.29 is 0 Å². The lowest BCUT2D eigenvalue weighted by molar-refractivity contribution is 0.270. The molecule has 180 valence electrons. The number of fused-ring (bicyclic) bond motifs is 1. The number of hydrogen-bond donors (Lipinski definition) is 1. The molecular formula is C32H47N. The first-order valence-electron chi connectivity index (χ1n) is 13.9. The molecule has 0 amide bonds. The number of allylic oxidation sites excluding steroid dienone is 11. The lowest BCUT2D eigenvalue weighted by atomic mass is 9.64. The molecule has 4 aliphatic rings. The van der Waals surface area contributed by atoms with Crippen LogP contribution in [0.1, 0.15) is 84.5 Å². The second-order valence-corrected chi connectivity index (χ2v) is 11.2. The number of rotatable bonds is 8. The minimum absolute atomic E-state index is 0.283. The Kier molecular flexibility index (Phi) is 8.69. The minimum atomic E-state index is 0.283. The summed E-state index contributed by atoms with van der Waals surface area (Å²) in [7, 11) is 0. The molecule has 0 aromatic rings. The SMILES string of the molecule is C=CCCC(N)[C@@H]1CCC(C2CCC(/C(=C/C)CC3CCC=CC3C)CC2)=C2C=CC=CC21. The third-order valence-electron chi connectivity index (χ3n) is 9.40. The predicted molar refractivity (Wildman–Crippen MR) is 144 cm³/mol. The van der Waals surface area contributed by atoms with Crippen LogP contribution in [0.3, 0.4) is 0 Å². The highest BCUT2D eigenvalue weighted by atomic mass is 14.7. The number of nitrogens with two attached hydrogens (primary N) is 1. The first kappa shape index (κ1) is 24.5. The van der Waals surface area contributed by atoms with Gasteiger partial charge >= 0.3 is 0 Å². The van der Waals surface area contributed by atoms with E-state index in [1.807, 2.05) is 6.08 Å². The first-order chi connectivity index (χ1) is 16.1. The van der Waals surface area contributed by atoms with E-state index in [1.165, 1.54) is 57.8 Å². The Hall–Kier alpha value is -1.60. The molecule has 0 heterocycles. The Labute approximate surface area is 203 Å². The maximum atomic E-state index is 6.68. The quantitative estimate of drug-likeness (QED) is 0.372. The van der Waals surface area contributed by atoms with Crippen LogP contribution in [-0.2, 0) is 0 Å². The topological polar surface area (TPSA) is 26.0 Å². The molecule has 0 bridgehead atoms. The summed E-state index contributed by atoms with van der Waals surface area (Å²) in [6.45, 7) is 8.60. The second-order valence-electron chi connectivity index (χ2n) is 11.2. The lowest BCUT2D eigenvalue weighted by Gasteiger charge is -2.41. The average Bonchev–Trinajstić information content (AvgIpc) is 2.86. The molecule has 2 N–H and O–H groups in total. The van der Waals surface area contributed by atoms with Gasteiger partial charge in [-0.1, -0.05) is 66.7 Å². The van der Waals surface area contributed by atoms with E-state index in [-0.39, 0.29) is 6.04 Å². The summed E-state index contributed by atoms with van der Waals surface area (Å²) in [5.41, 5.74) is 11.8. The van der Waals surface area contributed by atoms with Crippen LogP contribution in [0, 0.1) is 35.5 Å². The smallest absolute Gasteiger partial charge is 0.00790 e. The Morgan fingerprint density at radius 3 is 2.67 bits per heavy atom. The second kappa shape index (κ2) is 11.7. The third-order valence-corrected chi connectivity index (χ3v) is 9.40. The Morgan fingerprint density at radius 1 is 1.12 bits per heavy atom. The molecule has 0 aliphatic heterocycles. The molecule has 1 fully saturated rings. The van der Waals surface area contributed by atoms with Crippen LogP contribution < -0.4 is 5.73 Å². The Morgan fingerprint density at radius 2 is 1.94 bits per heavy atom. The molecule has 4 aliphatic carbocycles. The van der Waals surface area contributed by atoms with Gasteiger partial charge in [-0.2, -0.15) is 0 Å². The van der Waals surface area contributed by atoms with Gasteiger partial charge in [0.15, 0.2) is 0 Å². The van der Waals surface area contributed by atoms with Crippen molar-refractivity contribution in [1.82, 2.24) is 0 Å². The summed E-state index contributed by atoms with van der Waals surface area (Å²) in [6.07, 6.45) is 32.8. The predicted octanol–water partition coefficient (Wildman–Crippen LogP) is 8.47. The third kappa shape index (κ3) is 5.73. The molecule has 4 rings (SSSR count). The van der Waals surface area contributed by atoms with E-state index >= 15 is 0 Å². The van der Waals surface area contributed by atoms with Crippen molar-refractivity contribution in [3.8, 4) is 0 Å². The fraction of sp³-hybridized carbons (Fsp3) is 0.625. The lowest BCUT2D eigenvalue weighted by Crippen LogP contribution is -2.38. The summed E-state index contributed by atoms with van der Waals surface area (Å²) >= 11 is 0. The van der Waals surface area contributed by atoms with Crippen molar-refractivity contribution in [3.05, 3.63) is 71.9 Å². The van der Waals surface area contributed by atoms with Crippen molar-refractivity contribution in [2.24, 2.45) is 41.2 Å². The summed E-state index contributed by atoms with van der Waals surface area (Å²) in [6, 6.07) is 0.283. The number of hydrogen-bond acceptors (Lipinski definition) is 1. The van der Waals surface area contributed by atoms with Gasteiger partial charge in [-0.25, -0.2) is 0 Å². The van der Waals surface area contributed by atoms with E-state index in [2.05, 4.69) is 63.0 Å². The maximum absolute atomic E-state index is 6.68. The zero-order chi connectivity index (χ0) is 23.2. The van der Waals surface area contributed by atoms with Gasteiger partial charge in [0, 0.05) is 12.0 Å². The molecule has 1 saturated carbocycles. The zero-order valence-corrected chi connectivity index (χ0v) is 21.2. The molecule has 0 aromatic heterocycles. The molecule has 4 unspecified atom stereocenters. The van der Waals surface area contributed by atoms with Crippen LogP contribution in [0.25, 0.3) is 0 Å². The van der Waals surface area contributed by atoms with E-state index in [0.717, 1.165) is 36.5 Å². The minimum Gasteiger partial charge on any atom is -0.327 e. The van der Waals surface area contributed by atoms with Crippen molar-refractivity contribution >= 4 is 0 Å². The van der Waals surface area contributed by atoms with Crippen LogP contribution in [0.15, 0.2) is 71.9 Å². The molecule has 5 atom stereocenters. The van der Waals surface area contributed by atoms with E-state index < -0.39 is 0 Å². The Bertz CT molecular complexity index is 813. The molecule has 0 aromatic carbocycles. The van der Waals surface area contributed by atoms with Crippen LogP contribution >= 0.6 is 0 Å². The van der Waals surface area contributed by atoms with Crippen LogP contribution in [0.4, 0.5) is 0 Å². The molecule has 1 nitrogen and oxygen atoms in total.